The number of alkyl halides is 9. The maximum absolute atomic E-state index is 12.7. The quantitative estimate of drug-likeness (QED) is 0.616. The summed E-state index contributed by atoms with van der Waals surface area (Å²) >= 11 is 0. The number of halogens is 9. The number of nitrogens with zero attached hydrogens (tertiary/aromatic N) is 2. The summed E-state index contributed by atoms with van der Waals surface area (Å²) in [5, 5.41) is 2.28. The highest BCUT2D eigenvalue weighted by molar-refractivity contribution is 5.94. The number of carbonyl (C=O) groups excluding carboxylic acids is 2. The molecule has 184 valence electrons. The molecule has 1 aromatic heterocycles. The molecule has 0 aromatic carbocycles. The molecule has 15 heteroatoms. The molecule has 1 N–H and O–H groups in total. The van der Waals surface area contributed by atoms with Crippen LogP contribution < -0.4 is 5.32 Å². The van der Waals surface area contributed by atoms with Crippen LogP contribution in [0, 0.1) is 11.3 Å². The summed E-state index contributed by atoms with van der Waals surface area (Å²) in [4.78, 5) is 28.2. The maximum Gasteiger partial charge on any atom is 0.434 e. The normalized spacial score (nSPS) is 20.7. The van der Waals surface area contributed by atoms with Gasteiger partial charge in [0.2, 0.25) is 5.91 Å². The van der Waals surface area contributed by atoms with Crippen molar-refractivity contribution in [1.29, 1.82) is 0 Å². The third kappa shape index (κ3) is 5.61. The molecular weight excluding hydrogens is 477 g/mol. The lowest BCUT2D eigenvalue weighted by atomic mass is 9.91. The fraction of sp³-hybridized carbons (Fsp3) is 0.611. The van der Waals surface area contributed by atoms with Crippen LogP contribution in [0.25, 0.3) is 0 Å². The van der Waals surface area contributed by atoms with Crippen molar-refractivity contribution in [3.8, 4) is 0 Å². The predicted molar refractivity (Wildman–Crippen MR) is 91.6 cm³/mol. The summed E-state index contributed by atoms with van der Waals surface area (Å²) in [5.74, 6) is -1.58. The number of amides is 2. The van der Waals surface area contributed by atoms with Crippen LogP contribution >= 0.6 is 0 Å². The fourth-order valence-corrected chi connectivity index (χ4v) is 3.78. The molecule has 33 heavy (non-hydrogen) atoms. The molecule has 2 aliphatic rings. The first-order valence-electron chi connectivity index (χ1n) is 9.47. The van der Waals surface area contributed by atoms with E-state index in [1.165, 1.54) is 6.07 Å². The van der Waals surface area contributed by atoms with Crippen LogP contribution in [0.3, 0.4) is 0 Å². The van der Waals surface area contributed by atoms with E-state index in [2.05, 4.69) is 15.0 Å². The summed E-state index contributed by atoms with van der Waals surface area (Å²) in [7, 11) is 0. The van der Waals surface area contributed by atoms with E-state index in [0.29, 0.717) is 11.3 Å². The van der Waals surface area contributed by atoms with Gasteiger partial charge >= 0.3 is 24.6 Å². The van der Waals surface area contributed by atoms with Gasteiger partial charge in [-0.25, -0.2) is 9.78 Å². The van der Waals surface area contributed by atoms with E-state index in [4.69, 9.17) is 0 Å². The SMILES string of the molecule is O=C(Nc1cccc(C(F)(F)F)n1)C1CC12CCN(C(=O)OC(C(F)(F)F)C(F)(F)F)CC2. The van der Waals surface area contributed by atoms with Crippen LogP contribution in [0.5, 0.6) is 0 Å². The van der Waals surface area contributed by atoms with Crippen LogP contribution in [-0.4, -0.2) is 53.4 Å². The highest BCUT2D eigenvalue weighted by Gasteiger charge is 2.61. The number of aromatic nitrogens is 1. The fourth-order valence-electron chi connectivity index (χ4n) is 3.78. The lowest BCUT2D eigenvalue weighted by Gasteiger charge is -2.33. The van der Waals surface area contributed by atoms with Gasteiger partial charge in [-0.3, -0.25) is 4.79 Å². The molecule has 3 rings (SSSR count). The van der Waals surface area contributed by atoms with E-state index < -0.39 is 53.7 Å². The number of likely N-dealkylation sites (tertiary alicyclic amines) is 1. The van der Waals surface area contributed by atoms with Gasteiger partial charge in [0.05, 0.1) is 0 Å². The second-order valence-corrected chi connectivity index (χ2v) is 7.85. The molecule has 1 aromatic rings. The van der Waals surface area contributed by atoms with Crippen molar-refractivity contribution < 1.29 is 53.8 Å². The van der Waals surface area contributed by atoms with Crippen molar-refractivity contribution in [1.82, 2.24) is 9.88 Å². The molecule has 0 radical (unpaired) electrons. The average Bonchev–Trinajstić information content (AvgIpc) is 3.37. The van der Waals surface area contributed by atoms with Crippen molar-refractivity contribution in [2.75, 3.05) is 18.4 Å². The van der Waals surface area contributed by atoms with Gasteiger partial charge in [-0.05, 0) is 36.8 Å². The summed E-state index contributed by atoms with van der Waals surface area (Å²) < 4.78 is 117. The molecule has 1 atom stereocenters. The monoisotopic (exact) mass is 493 g/mol. The lowest BCUT2D eigenvalue weighted by Crippen LogP contribution is -2.49. The molecule has 2 fully saturated rings. The average molecular weight is 493 g/mol. The van der Waals surface area contributed by atoms with Crippen LogP contribution in [-0.2, 0) is 15.7 Å². The Morgan fingerprint density at radius 2 is 1.61 bits per heavy atom. The minimum Gasteiger partial charge on any atom is -0.426 e. The van der Waals surface area contributed by atoms with Crippen molar-refractivity contribution in [2.45, 2.75) is 43.9 Å². The first kappa shape index (κ1) is 24.9. The topological polar surface area (TPSA) is 71.5 Å². The summed E-state index contributed by atoms with van der Waals surface area (Å²) in [6.07, 6.45) is -21.9. The number of anilines is 1. The molecule has 0 bridgehead atoms. The number of hydrogen-bond donors (Lipinski definition) is 1. The molecular formula is C18H16F9N3O3. The van der Waals surface area contributed by atoms with Gasteiger partial charge < -0.3 is 15.0 Å². The molecule has 1 spiro atoms. The summed E-state index contributed by atoms with van der Waals surface area (Å²) in [6.45, 7) is -0.486. The molecule has 6 nitrogen and oxygen atoms in total. The van der Waals surface area contributed by atoms with Gasteiger partial charge in [0.15, 0.2) is 0 Å². The Kier molecular flexibility index (Phi) is 6.21. The molecule has 1 saturated heterocycles. The van der Waals surface area contributed by atoms with Crippen LogP contribution in [0.1, 0.15) is 25.0 Å². The molecule has 1 aliphatic carbocycles. The second kappa shape index (κ2) is 8.24. The number of hydrogen-bond acceptors (Lipinski definition) is 4. The highest BCUT2D eigenvalue weighted by atomic mass is 19.4. The lowest BCUT2D eigenvalue weighted by molar-refractivity contribution is -0.308. The highest BCUT2D eigenvalue weighted by Crippen LogP contribution is 2.59. The van der Waals surface area contributed by atoms with E-state index in [1.807, 2.05) is 0 Å². The predicted octanol–water partition coefficient (Wildman–Crippen LogP) is 4.77. The Morgan fingerprint density at radius 1 is 1.03 bits per heavy atom. The Labute approximate surface area is 180 Å². The van der Waals surface area contributed by atoms with Gasteiger partial charge in [-0.1, -0.05) is 6.07 Å². The van der Waals surface area contributed by atoms with E-state index in [-0.39, 0.29) is 31.7 Å². The molecule has 1 aliphatic heterocycles. The Morgan fingerprint density at radius 3 is 2.12 bits per heavy atom. The smallest absolute Gasteiger partial charge is 0.426 e. The zero-order chi connectivity index (χ0) is 24.8. The first-order valence-corrected chi connectivity index (χ1v) is 9.47. The third-order valence-corrected chi connectivity index (χ3v) is 5.63. The Balaban J connectivity index is 1.55. The molecule has 2 amide bonds. The molecule has 1 unspecified atom stereocenters. The summed E-state index contributed by atoms with van der Waals surface area (Å²) in [6, 6.07) is 2.96. The van der Waals surface area contributed by atoms with Crippen molar-refractivity contribution in [3.05, 3.63) is 23.9 Å². The molecule has 1 saturated carbocycles. The van der Waals surface area contributed by atoms with E-state index in [9.17, 15) is 49.1 Å². The van der Waals surface area contributed by atoms with Crippen molar-refractivity contribution >= 4 is 17.8 Å². The second-order valence-electron chi connectivity index (χ2n) is 7.85. The standard InChI is InChI=1S/C18H16F9N3O3/c19-16(20,21)10-2-1-3-11(28-10)29-12(31)9-8-15(9)4-6-30(7-5-15)14(32)33-13(17(22,23)24)18(25,26)27/h1-3,9,13H,4-8H2,(H,28,29,31). The number of rotatable bonds is 3. The third-order valence-electron chi connectivity index (χ3n) is 5.63. The Hall–Kier alpha value is -2.74. The zero-order valence-electron chi connectivity index (χ0n) is 16.4. The number of nitrogens with one attached hydrogen (secondary N) is 1. The van der Waals surface area contributed by atoms with Gasteiger partial charge in [0, 0.05) is 19.0 Å². The summed E-state index contributed by atoms with van der Waals surface area (Å²) in [5.41, 5.74) is -1.86. The Bertz CT molecular complexity index is 892. The zero-order valence-corrected chi connectivity index (χ0v) is 16.4. The van der Waals surface area contributed by atoms with Crippen LogP contribution in [0.4, 0.5) is 50.1 Å². The number of carbonyl (C=O) groups is 2. The minimum absolute atomic E-state index is 0.0961. The van der Waals surface area contributed by atoms with Crippen LogP contribution in [0.15, 0.2) is 18.2 Å². The minimum atomic E-state index is -5.83. The van der Waals surface area contributed by atoms with Crippen molar-refractivity contribution in [2.24, 2.45) is 11.3 Å². The van der Waals surface area contributed by atoms with E-state index >= 15 is 0 Å². The first-order chi connectivity index (χ1) is 15.0. The number of piperidine rings is 1. The van der Waals surface area contributed by atoms with Gasteiger partial charge in [-0.15, -0.1) is 0 Å². The van der Waals surface area contributed by atoms with Gasteiger partial charge in [-0.2, -0.15) is 39.5 Å². The number of pyridine rings is 1. The van der Waals surface area contributed by atoms with E-state index in [1.54, 1.807) is 0 Å². The van der Waals surface area contributed by atoms with Gasteiger partial charge in [0.25, 0.3) is 6.10 Å². The number of ether oxygens (including phenoxy) is 1. The van der Waals surface area contributed by atoms with E-state index in [0.717, 1.165) is 12.1 Å². The largest absolute Gasteiger partial charge is 0.434 e. The molecule has 2 heterocycles. The van der Waals surface area contributed by atoms with Crippen molar-refractivity contribution in [3.63, 3.8) is 0 Å². The van der Waals surface area contributed by atoms with Gasteiger partial charge in [0.1, 0.15) is 11.5 Å². The van der Waals surface area contributed by atoms with Crippen LogP contribution in [0.2, 0.25) is 0 Å². The maximum atomic E-state index is 12.7.